The Bertz CT molecular complexity index is 1430. The Kier molecular flexibility index (Phi) is 5.54. The number of para-hydroxylation sites is 1. The van der Waals surface area contributed by atoms with E-state index in [1.54, 1.807) is 9.80 Å². The van der Waals surface area contributed by atoms with Crippen molar-refractivity contribution in [3.8, 4) is 0 Å². The van der Waals surface area contributed by atoms with Crippen molar-refractivity contribution >= 4 is 45.9 Å². The Morgan fingerprint density at radius 2 is 1.57 bits per heavy atom. The van der Waals surface area contributed by atoms with E-state index in [2.05, 4.69) is 11.1 Å². The zero-order chi connectivity index (χ0) is 24.1. The molecule has 0 saturated carbocycles. The number of piperazine rings is 1. The van der Waals surface area contributed by atoms with Crippen molar-refractivity contribution in [3.05, 3.63) is 105 Å². The number of aromatic nitrogens is 1. The van der Waals surface area contributed by atoms with Gasteiger partial charge in [-0.25, -0.2) is 0 Å². The number of benzene rings is 3. The van der Waals surface area contributed by atoms with Crippen LogP contribution in [0.15, 0.2) is 72.8 Å². The van der Waals surface area contributed by atoms with Crippen LogP contribution in [0, 0.1) is 0 Å². The second kappa shape index (κ2) is 8.74. The molecule has 1 aromatic heterocycles. The van der Waals surface area contributed by atoms with E-state index >= 15 is 0 Å². The second-order valence-corrected chi connectivity index (χ2v) is 10.0. The molecule has 6 rings (SSSR count). The third kappa shape index (κ3) is 3.89. The van der Waals surface area contributed by atoms with Crippen LogP contribution in [0.1, 0.15) is 28.4 Å². The van der Waals surface area contributed by atoms with Crippen LogP contribution in [-0.4, -0.2) is 45.7 Å². The van der Waals surface area contributed by atoms with Gasteiger partial charge in [-0.2, -0.15) is 0 Å². The number of amides is 2. The van der Waals surface area contributed by atoms with Crippen molar-refractivity contribution in [1.29, 1.82) is 0 Å². The predicted molar refractivity (Wildman–Crippen MR) is 138 cm³/mol. The van der Waals surface area contributed by atoms with E-state index in [-0.39, 0.29) is 24.4 Å². The molecule has 0 spiro atoms. The summed E-state index contributed by atoms with van der Waals surface area (Å²) < 4.78 is 0. The van der Waals surface area contributed by atoms with Crippen LogP contribution in [0.2, 0.25) is 10.0 Å². The minimum Gasteiger partial charge on any atom is -0.356 e. The third-order valence-corrected chi connectivity index (χ3v) is 7.62. The second-order valence-electron chi connectivity index (χ2n) is 9.17. The predicted octanol–water partition coefficient (Wildman–Crippen LogP) is 5.40. The number of aromatic amines is 1. The number of hydrogen-bond acceptors (Lipinski definition) is 2. The normalized spacial score (nSPS) is 19.7. The van der Waals surface area contributed by atoms with E-state index in [1.165, 1.54) is 0 Å². The molecule has 5 nitrogen and oxygen atoms in total. The summed E-state index contributed by atoms with van der Waals surface area (Å²) in [5, 5.41) is 2.41. The lowest BCUT2D eigenvalue weighted by Gasteiger charge is -2.47. The molecular formula is C28H23Cl2N3O2. The molecule has 176 valence electrons. The van der Waals surface area contributed by atoms with Crippen molar-refractivity contribution in [1.82, 2.24) is 14.8 Å². The summed E-state index contributed by atoms with van der Waals surface area (Å²) in [5.74, 6) is -0.0524. The van der Waals surface area contributed by atoms with Gasteiger partial charge >= 0.3 is 0 Å². The molecule has 35 heavy (non-hydrogen) atoms. The zero-order valence-electron chi connectivity index (χ0n) is 18.9. The molecule has 7 heteroatoms. The highest BCUT2D eigenvalue weighted by Gasteiger charge is 2.48. The van der Waals surface area contributed by atoms with Crippen LogP contribution < -0.4 is 0 Å². The lowest BCUT2D eigenvalue weighted by molar-refractivity contribution is -0.158. The van der Waals surface area contributed by atoms with Gasteiger partial charge in [-0.1, -0.05) is 65.7 Å². The van der Waals surface area contributed by atoms with Gasteiger partial charge in [0.2, 0.25) is 11.8 Å². The van der Waals surface area contributed by atoms with Crippen LogP contribution in [0.3, 0.4) is 0 Å². The summed E-state index contributed by atoms with van der Waals surface area (Å²) in [6.45, 7) is 0.561. The van der Waals surface area contributed by atoms with Crippen molar-refractivity contribution in [3.63, 3.8) is 0 Å². The first-order chi connectivity index (χ1) is 17.0. The average Bonchev–Trinajstić information content (AvgIpc) is 3.24. The Labute approximate surface area is 213 Å². The molecule has 2 aliphatic rings. The Morgan fingerprint density at radius 1 is 0.886 bits per heavy atom. The summed E-state index contributed by atoms with van der Waals surface area (Å²) in [6.07, 6.45) is 1.16. The summed E-state index contributed by atoms with van der Waals surface area (Å²) >= 11 is 12.2. The minimum absolute atomic E-state index is 0.00606. The number of H-pyrrole nitrogens is 1. The maximum atomic E-state index is 13.8. The first-order valence-corrected chi connectivity index (χ1v) is 12.4. The highest BCUT2D eigenvalue weighted by atomic mass is 35.5. The van der Waals surface area contributed by atoms with Crippen molar-refractivity contribution in [2.24, 2.45) is 0 Å². The Morgan fingerprint density at radius 3 is 2.31 bits per heavy atom. The molecule has 1 fully saturated rings. The van der Waals surface area contributed by atoms with E-state index in [9.17, 15) is 9.59 Å². The van der Waals surface area contributed by atoms with Gasteiger partial charge in [0.25, 0.3) is 0 Å². The number of carbonyl (C=O) groups is 2. The van der Waals surface area contributed by atoms with E-state index in [4.69, 9.17) is 23.2 Å². The fourth-order valence-corrected chi connectivity index (χ4v) is 5.67. The van der Waals surface area contributed by atoms with Crippen molar-refractivity contribution in [2.45, 2.75) is 24.9 Å². The van der Waals surface area contributed by atoms with Crippen LogP contribution in [0.4, 0.5) is 0 Å². The summed E-state index contributed by atoms with van der Waals surface area (Å²) in [7, 11) is 0. The van der Waals surface area contributed by atoms with Crippen LogP contribution >= 0.6 is 23.2 Å². The van der Waals surface area contributed by atoms with Crippen molar-refractivity contribution < 1.29 is 9.59 Å². The monoisotopic (exact) mass is 503 g/mol. The van der Waals surface area contributed by atoms with E-state index in [1.807, 2.05) is 66.7 Å². The van der Waals surface area contributed by atoms with Gasteiger partial charge in [-0.05, 0) is 53.4 Å². The number of rotatable bonds is 4. The van der Waals surface area contributed by atoms with Gasteiger partial charge in [-0.3, -0.25) is 9.59 Å². The number of nitrogens with one attached hydrogen (secondary N) is 1. The highest BCUT2D eigenvalue weighted by molar-refractivity contribution is 6.30. The smallest absolute Gasteiger partial charge is 0.246 e. The van der Waals surface area contributed by atoms with Gasteiger partial charge < -0.3 is 14.8 Å². The maximum Gasteiger partial charge on any atom is 0.246 e. The molecular weight excluding hydrogens is 481 g/mol. The molecule has 1 saturated heterocycles. The molecule has 3 heterocycles. The van der Waals surface area contributed by atoms with E-state index < -0.39 is 6.04 Å². The summed E-state index contributed by atoms with van der Waals surface area (Å²) in [4.78, 5) is 34.4. The standard InChI is InChI=1S/C28H23Cl2N3O2/c29-19-9-5-17(6-10-19)13-14-32-16-25(34)33-24(28(32)35)15-22-21-3-1-2-4-23(21)31-26(22)27(33)18-7-11-20(30)12-8-18/h1-12,24,27,31H,13-16H2/t24-,27-/m0/s1. The number of carbonyl (C=O) groups excluding carboxylic acids is 2. The fraction of sp³-hybridized carbons (Fsp3) is 0.214. The molecule has 1 N–H and O–H groups in total. The molecule has 2 atom stereocenters. The topological polar surface area (TPSA) is 56.4 Å². The Hall–Kier alpha value is -3.28. The molecule has 0 aliphatic carbocycles. The molecule has 4 aromatic rings. The SMILES string of the molecule is O=C1[C@@H]2Cc3c([nH]c4ccccc34)[C@H](c3ccc(Cl)cc3)N2C(=O)CN1CCc1ccc(Cl)cc1. The number of hydrogen-bond donors (Lipinski definition) is 1. The number of halogens is 2. The van der Waals surface area contributed by atoms with E-state index in [0.717, 1.165) is 33.3 Å². The van der Waals surface area contributed by atoms with Gasteiger partial charge in [-0.15, -0.1) is 0 Å². The Balaban J connectivity index is 1.38. The van der Waals surface area contributed by atoms with Gasteiger partial charge in [0.15, 0.2) is 0 Å². The third-order valence-electron chi connectivity index (χ3n) is 7.11. The number of nitrogens with zero attached hydrogens (tertiary/aromatic N) is 2. The zero-order valence-corrected chi connectivity index (χ0v) is 20.4. The lowest BCUT2D eigenvalue weighted by Crippen LogP contribution is -2.63. The minimum atomic E-state index is -0.547. The van der Waals surface area contributed by atoms with Crippen LogP contribution in [-0.2, 0) is 22.4 Å². The number of fused-ring (bicyclic) bond motifs is 4. The van der Waals surface area contributed by atoms with Crippen molar-refractivity contribution in [2.75, 3.05) is 13.1 Å². The maximum absolute atomic E-state index is 13.8. The van der Waals surface area contributed by atoms with E-state index in [0.29, 0.717) is 29.4 Å². The van der Waals surface area contributed by atoms with Gasteiger partial charge in [0, 0.05) is 39.6 Å². The quantitative estimate of drug-likeness (QED) is 0.405. The van der Waals surface area contributed by atoms with Crippen LogP contribution in [0.5, 0.6) is 0 Å². The average molecular weight is 504 g/mol. The molecule has 0 bridgehead atoms. The summed E-state index contributed by atoms with van der Waals surface area (Å²) in [6, 6.07) is 22.3. The van der Waals surface area contributed by atoms with Gasteiger partial charge in [0.05, 0.1) is 12.6 Å². The van der Waals surface area contributed by atoms with Crippen LogP contribution in [0.25, 0.3) is 10.9 Å². The molecule has 0 radical (unpaired) electrons. The summed E-state index contributed by atoms with van der Waals surface area (Å²) in [5.41, 5.74) is 5.10. The first kappa shape index (κ1) is 22.2. The van der Waals surface area contributed by atoms with Gasteiger partial charge in [0.1, 0.15) is 6.04 Å². The fourth-order valence-electron chi connectivity index (χ4n) is 5.42. The molecule has 2 amide bonds. The lowest BCUT2D eigenvalue weighted by atomic mass is 9.86. The molecule has 3 aromatic carbocycles. The largest absolute Gasteiger partial charge is 0.356 e. The highest BCUT2D eigenvalue weighted by Crippen LogP contribution is 2.42. The first-order valence-electron chi connectivity index (χ1n) is 11.7. The molecule has 0 unspecified atom stereocenters. The molecule has 2 aliphatic heterocycles.